The summed E-state index contributed by atoms with van der Waals surface area (Å²) in [5.41, 5.74) is 0. The second kappa shape index (κ2) is 11.0. The first-order valence-corrected chi connectivity index (χ1v) is 8.57. The first-order chi connectivity index (χ1) is 8.58. The van der Waals surface area contributed by atoms with Gasteiger partial charge in [-0.25, -0.2) is 4.57 Å². The Bertz CT molecular complexity index is 223. The van der Waals surface area contributed by atoms with Crippen LogP contribution in [0.15, 0.2) is 0 Å². The van der Waals surface area contributed by atoms with Gasteiger partial charge in [0.15, 0.2) is 0 Å². The van der Waals surface area contributed by atoms with Crippen molar-refractivity contribution < 1.29 is 18.1 Å². The van der Waals surface area contributed by atoms with Crippen molar-refractivity contribution in [2.45, 2.75) is 59.8 Å². The highest BCUT2D eigenvalue weighted by Gasteiger charge is 2.25. The minimum absolute atomic E-state index is 0.335. The minimum atomic E-state index is -3.32. The summed E-state index contributed by atoms with van der Waals surface area (Å²) >= 11 is 0. The van der Waals surface area contributed by atoms with Crippen molar-refractivity contribution >= 4 is 7.82 Å². The van der Waals surface area contributed by atoms with Crippen LogP contribution in [-0.4, -0.2) is 19.8 Å². The summed E-state index contributed by atoms with van der Waals surface area (Å²) in [6.07, 6.45) is 6.08. The Hall–Kier alpha value is 0.110. The van der Waals surface area contributed by atoms with Crippen LogP contribution in [0.4, 0.5) is 0 Å². The van der Waals surface area contributed by atoms with E-state index in [1.54, 1.807) is 13.8 Å². The molecule has 4 nitrogen and oxygen atoms in total. The van der Waals surface area contributed by atoms with Gasteiger partial charge in [0, 0.05) is 0 Å². The molecule has 18 heavy (non-hydrogen) atoms. The summed E-state index contributed by atoms with van der Waals surface area (Å²) in [6.45, 7) is 8.97. The molecule has 0 N–H and O–H groups in total. The Kier molecular flexibility index (Phi) is 11.0. The van der Waals surface area contributed by atoms with E-state index in [4.69, 9.17) is 13.6 Å². The van der Waals surface area contributed by atoms with E-state index in [-0.39, 0.29) is 0 Å². The largest absolute Gasteiger partial charge is 0.474 e. The van der Waals surface area contributed by atoms with E-state index in [9.17, 15) is 4.57 Å². The van der Waals surface area contributed by atoms with Gasteiger partial charge in [-0.3, -0.25) is 13.6 Å². The average molecular weight is 280 g/mol. The summed E-state index contributed by atoms with van der Waals surface area (Å²) in [5, 5.41) is 0. The lowest BCUT2D eigenvalue weighted by atomic mass is 10.0. The predicted octanol–water partition coefficient (Wildman–Crippen LogP) is 4.79. The molecule has 0 radical (unpaired) electrons. The molecule has 0 amide bonds. The number of phosphoric acid groups is 1. The van der Waals surface area contributed by atoms with E-state index >= 15 is 0 Å². The summed E-state index contributed by atoms with van der Waals surface area (Å²) in [7, 11) is -3.32. The van der Waals surface area contributed by atoms with Gasteiger partial charge in [-0.15, -0.1) is 0 Å². The molecule has 1 atom stereocenters. The summed E-state index contributed by atoms with van der Waals surface area (Å²) in [4.78, 5) is 0. The maximum absolute atomic E-state index is 12.0. The fourth-order valence-corrected chi connectivity index (χ4v) is 2.94. The second-order valence-electron chi connectivity index (χ2n) is 4.53. The lowest BCUT2D eigenvalue weighted by Gasteiger charge is -2.18. The van der Waals surface area contributed by atoms with Gasteiger partial charge in [0.2, 0.25) is 0 Å². The topological polar surface area (TPSA) is 44.8 Å². The molecule has 0 spiro atoms. The van der Waals surface area contributed by atoms with Crippen LogP contribution in [0.5, 0.6) is 0 Å². The zero-order valence-electron chi connectivity index (χ0n) is 12.3. The van der Waals surface area contributed by atoms with E-state index in [0.717, 1.165) is 6.42 Å². The van der Waals surface area contributed by atoms with Gasteiger partial charge < -0.3 is 0 Å². The van der Waals surface area contributed by atoms with Crippen LogP contribution in [0, 0.1) is 5.92 Å². The van der Waals surface area contributed by atoms with Gasteiger partial charge in [-0.2, -0.15) is 0 Å². The van der Waals surface area contributed by atoms with Crippen molar-refractivity contribution in [3.8, 4) is 0 Å². The van der Waals surface area contributed by atoms with Crippen LogP contribution < -0.4 is 0 Å². The lowest BCUT2D eigenvalue weighted by Crippen LogP contribution is -2.08. The van der Waals surface area contributed by atoms with Gasteiger partial charge in [-0.05, 0) is 26.2 Å². The highest BCUT2D eigenvalue weighted by molar-refractivity contribution is 7.48. The molecule has 0 aromatic carbocycles. The second-order valence-corrected chi connectivity index (χ2v) is 6.20. The van der Waals surface area contributed by atoms with E-state index in [0.29, 0.717) is 25.7 Å². The monoisotopic (exact) mass is 280 g/mol. The van der Waals surface area contributed by atoms with Gasteiger partial charge in [0.1, 0.15) is 0 Å². The molecule has 1 unspecified atom stereocenters. The highest BCUT2D eigenvalue weighted by Crippen LogP contribution is 2.49. The van der Waals surface area contributed by atoms with Gasteiger partial charge >= 0.3 is 7.82 Å². The molecule has 0 aliphatic rings. The fraction of sp³-hybridized carbons (Fsp3) is 1.00. The van der Waals surface area contributed by atoms with Crippen molar-refractivity contribution in [1.29, 1.82) is 0 Å². The molecule has 0 fully saturated rings. The molecule has 0 aliphatic carbocycles. The zero-order valence-corrected chi connectivity index (χ0v) is 13.2. The van der Waals surface area contributed by atoms with Crippen molar-refractivity contribution in [2.75, 3.05) is 19.8 Å². The number of phosphoric ester groups is 1. The standard InChI is InChI=1S/C13H29O4P/c1-5-8-9-10-11-13(4)12-17-18(14,15-6-2)16-7-3/h13H,5-12H2,1-4H3. The zero-order chi connectivity index (χ0) is 13.9. The van der Waals surface area contributed by atoms with Crippen molar-refractivity contribution in [1.82, 2.24) is 0 Å². The fourth-order valence-electron chi connectivity index (χ4n) is 1.65. The van der Waals surface area contributed by atoms with Crippen LogP contribution >= 0.6 is 7.82 Å². The third kappa shape index (κ3) is 9.09. The summed E-state index contributed by atoms with van der Waals surface area (Å²) in [5.74, 6) is 0.385. The number of unbranched alkanes of at least 4 members (excludes halogenated alkanes) is 3. The predicted molar refractivity (Wildman–Crippen MR) is 74.7 cm³/mol. The number of rotatable bonds is 12. The smallest absolute Gasteiger partial charge is 0.287 e. The number of hydrogen-bond donors (Lipinski definition) is 0. The van der Waals surface area contributed by atoms with E-state index in [1.165, 1.54) is 25.7 Å². The molecule has 5 heteroatoms. The van der Waals surface area contributed by atoms with Gasteiger partial charge in [0.05, 0.1) is 19.8 Å². The normalized spacial score (nSPS) is 13.8. The minimum Gasteiger partial charge on any atom is -0.287 e. The van der Waals surface area contributed by atoms with Gasteiger partial charge in [0.25, 0.3) is 0 Å². The first kappa shape index (κ1) is 18.1. The molecule has 0 aromatic rings. The number of hydrogen-bond acceptors (Lipinski definition) is 4. The highest BCUT2D eigenvalue weighted by atomic mass is 31.2. The Morgan fingerprint density at radius 1 is 0.944 bits per heavy atom. The van der Waals surface area contributed by atoms with E-state index in [1.807, 2.05) is 0 Å². The molecule has 110 valence electrons. The van der Waals surface area contributed by atoms with Crippen molar-refractivity contribution in [3.05, 3.63) is 0 Å². The molecule has 0 rings (SSSR count). The van der Waals surface area contributed by atoms with Crippen LogP contribution in [-0.2, 0) is 18.1 Å². The van der Waals surface area contributed by atoms with Crippen molar-refractivity contribution in [2.24, 2.45) is 5.92 Å². The Morgan fingerprint density at radius 3 is 2.06 bits per heavy atom. The molecular formula is C13H29O4P. The first-order valence-electron chi connectivity index (χ1n) is 7.11. The molecule has 0 bridgehead atoms. The summed E-state index contributed by atoms with van der Waals surface area (Å²) < 4.78 is 27.5. The van der Waals surface area contributed by atoms with Crippen LogP contribution in [0.2, 0.25) is 0 Å². The Balaban J connectivity index is 3.85. The van der Waals surface area contributed by atoms with Crippen LogP contribution in [0.3, 0.4) is 0 Å². The van der Waals surface area contributed by atoms with Crippen molar-refractivity contribution in [3.63, 3.8) is 0 Å². The molecule has 0 aliphatic heterocycles. The third-order valence-corrected chi connectivity index (χ3v) is 4.26. The maximum Gasteiger partial charge on any atom is 0.474 e. The van der Waals surface area contributed by atoms with Crippen LogP contribution in [0.1, 0.15) is 59.8 Å². The molecule has 0 heterocycles. The molecule has 0 saturated heterocycles. The SMILES string of the molecule is CCCCCCC(C)COP(=O)(OCC)OCC. The van der Waals surface area contributed by atoms with Gasteiger partial charge in [-0.1, -0.05) is 39.5 Å². The van der Waals surface area contributed by atoms with E-state index < -0.39 is 7.82 Å². The molecule has 0 aromatic heterocycles. The third-order valence-electron chi connectivity index (χ3n) is 2.64. The molecular weight excluding hydrogens is 251 g/mol. The Morgan fingerprint density at radius 2 is 1.56 bits per heavy atom. The van der Waals surface area contributed by atoms with Crippen LogP contribution in [0.25, 0.3) is 0 Å². The quantitative estimate of drug-likeness (QED) is 0.381. The lowest BCUT2D eigenvalue weighted by molar-refractivity contribution is 0.108. The maximum atomic E-state index is 12.0. The summed E-state index contributed by atoms with van der Waals surface area (Å²) in [6, 6.07) is 0. The molecule has 0 saturated carbocycles. The Labute approximate surface area is 112 Å². The van der Waals surface area contributed by atoms with E-state index in [2.05, 4.69) is 13.8 Å². The average Bonchev–Trinajstić information content (AvgIpc) is 2.33.